The number of aryl methyl sites for hydroxylation is 1. The van der Waals surface area contributed by atoms with Gasteiger partial charge in [0.25, 0.3) is 0 Å². The van der Waals surface area contributed by atoms with Crippen LogP contribution in [0, 0.1) is 0 Å². The van der Waals surface area contributed by atoms with Crippen molar-refractivity contribution in [1.82, 2.24) is 0 Å². The molecule has 0 bridgehead atoms. The second-order valence-electron chi connectivity index (χ2n) is 4.26. The Balaban J connectivity index is 2.48. The Morgan fingerprint density at radius 1 is 1.11 bits per heavy atom. The van der Waals surface area contributed by atoms with Crippen LogP contribution < -0.4 is 5.32 Å². The number of anilines is 1. The normalized spacial score (nSPS) is 19.8. The summed E-state index contributed by atoms with van der Waals surface area (Å²) >= 11 is 2.94. The maximum atomic E-state index is 12.8. The Labute approximate surface area is 113 Å². The molecule has 0 saturated heterocycles. The molecule has 0 aromatic heterocycles. The quantitative estimate of drug-likeness (QED) is 0.667. The van der Waals surface area contributed by atoms with Crippen molar-refractivity contribution < 1.29 is 26.3 Å². The van der Waals surface area contributed by atoms with Crippen LogP contribution in [0.5, 0.6) is 0 Å². The van der Waals surface area contributed by atoms with Gasteiger partial charge in [0, 0.05) is 4.47 Å². The summed E-state index contributed by atoms with van der Waals surface area (Å²) in [6.45, 7) is 0. The van der Waals surface area contributed by atoms with Crippen molar-refractivity contribution >= 4 is 21.6 Å². The molecule has 8 heteroatoms. The van der Waals surface area contributed by atoms with E-state index in [9.17, 15) is 26.3 Å². The molecule has 1 aliphatic rings. The third-order valence-electron chi connectivity index (χ3n) is 2.91. The molecular weight excluding hydrogens is 340 g/mol. The van der Waals surface area contributed by atoms with Crippen LogP contribution in [-0.4, -0.2) is 12.2 Å². The van der Waals surface area contributed by atoms with Gasteiger partial charge in [-0.2, -0.15) is 26.3 Å². The van der Waals surface area contributed by atoms with Crippen LogP contribution in [0.25, 0.3) is 0 Å². The van der Waals surface area contributed by atoms with Gasteiger partial charge in [-0.3, -0.25) is 0 Å². The van der Waals surface area contributed by atoms with E-state index < -0.39 is 29.6 Å². The zero-order chi connectivity index (χ0) is 14.4. The molecule has 1 aliphatic heterocycles. The molecule has 0 radical (unpaired) electrons. The lowest BCUT2D eigenvalue weighted by Gasteiger charge is -2.31. The van der Waals surface area contributed by atoms with Crippen LogP contribution in [0.3, 0.4) is 0 Å². The summed E-state index contributed by atoms with van der Waals surface area (Å²) in [5, 5.41) is 1.97. The molecule has 0 fully saturated rings. The summed E-state index contributed by atoms with van der Waals surface area (Å²) in [6, 6.07) is 0.247. The molecule has 1 aromatic carbocycles. The number of benzene rings is 1. The molecule has 1 unspecified atom stereocenters. The minimum atomic E-state index is -4.70. The van der Waals surface area contributed by atoms with E-state index in [1.54, 1.807) is 0 Å². The van der Waals surface area contributed by atoms with Gasteiger partial charge in [-0.05, 0) is 30.5 Å². The van der Waals surface area contributed by atoms with Gasteiger partial charge in [0.2, 0.25) is 0 Å². The number of fused-ring (bicyclic) bond motifs is 1. The molecule has 19 heavy (non-hydrogen) atoms. The van der Waals surface area contributed by atoms with Crippen molar-refractivity contribution in [2.75, 3.05) is 5.32 Å². The van der Waals surface area contributed by atoms with E-state index >= 15 is 0 Å². The second-order valence-corrected chi connectivity index (χ2v) is 5.18. The first kappa shape index (κ1) is 14.5. The van der Waals surface area contributed by atoms with Gasteiger partial charge in [0.15, 0.2) is 0 Å². The zero-order valence-electron chi connectivity index (χ0n) is 9.29. The molecule has 0 aliphatic carbocycles. The van der Waals surface area contributed by atoms with Crippen LogP contribution in [-0.2, 0) is 12.6 Å². The van der Waals surface area contributed by atoms with Crippen molar-refractivity contribution in [2.45, 2.75) is 31.2 Å². The van der Waals surface area contributed by atoms with Crippen LogP contribution in [0.4, 0.5) is 32.0 Å². The predicted molar refractivity (Wildman–Crippen MR) is 60.9 cm³/mol. The van der Waals surface area contributed by atoms with E-state index in [-0.39, 0.29) is 22.9 Å². The molecule has 1 atom stereocenters. The largest absolute Gasteiger partial charge is 0.418 e. The van der Waals surface area contributed by atoms with Crippen LogP contribution >= 0.6 is 15.9 Å². The number of hydrogen-bond donors (Lipinski definition) is 1. The molecule has 0 saturated carbocycles. The average molecular weight is 348 g/mol. The third-order valence-corrected chi connectivity index (χ3v) is 3.36. The van der Waals surface area contributed by atoms with Crippen molar-refractivity contribution in [1.29, 1.82) is 0 Å². The molecule has 0 amide bonds. The highest BCUT2D eigenvalue weighted by atomic mass is 79.9. The summed E-state index contributed by atoms with van der Waals surface area (Å²) in [7, 11) is 0. The summed E-state index contributed by atoms with van der Waals surface area (Å²) < 4.78 is 76.5. The fraction of sp³-hybridized carbons (Fsp3) is 0.455. The molecule has 106 valence electrons. The second kappa shape index (κ2) is 4.57. The first-order chi connectivity index (χ1) is 8.59. The smallest absolute Gasteiger partial charge is 0.373 e. The fourth-order valence-electron chi connectivity index (χ4n) is 2.05. The maximum Gasteiger partial charge on any atom is 0.418 e. The minimum absolute atomic E-state index is 0.0466. The number of hydrogen-bond acceptors (Lipinski definition) is 1. The lowest BCUT2D eigenvalue weighted by molar-refractivity contribution is -0.146. The average Bonchev–Trinajstić information content (AvgIpc) is 2.24. The topological polar surface area (TPSA) is 12.0 Å². The first-order valence-electron chi connectivity index (χ1n) is 5.32. The van der Waals surface area contributed by atoms with Gasteiger partial charge in [-0.1, -0.05) is 15.9 Å². The van der Waals surface area contributed by atoms with E-state index in [0.717, 1.165) is 6.07 Å². The zero-order valence-corrected chi connectivity index (χ0v) is 10.9. The Kier molecular flexibility index (Phi) is 3.49. The van der Waals surface area contributed by atoms with Crippen LogP contribution in [0.1, 0.15) is 17.5 Å². The highest BCUT2D eigenvalue weighted by Gasteiger charge is 2.44. The highest BCUT2D eigenvalue weighted by molar-refractivity contribution is 9.10. The van der Waals surface area contributed by atoms with Gasteiger partial charge in [-0.15, -0.1) is 0 Å². The minimum Gasteiger partial charge on any atom is -0.373 e. The maximum absolute atomic E-state index is 12.8. The Morgan fingerprint density at radius 3 is 2.26 bits per heavy atom. The summed E-state index contributed by atoms with van der Waals surface area (Å²) in [4.78, 5) is 0. The van der Waals surface area contributed by atoms with Gasteiger partial charge in [-0.25, -0.2) is 0 Å². The summed E-state index contributed by atoms with van der Waals surface area (Å²) in [6.07, 6.45) is -9.58. The van der Waals surface area contributed by atoms with Gasteiger partial charge in [0.1, 0.15) is 6.04 Å². The number of alkyl halides is 6. The lowest BCUT2D eigenvalue weighted by Crippen LogP contribution is -2.40. The molecule has 1 heterocycles. The van der Waals surface area contributed by atoms with Gasteiger partial charge >= 0.3 is 12.4 Å². The van der Waals surface area contributed by atoms with Crippen molar-refractivity contribution in [3.8, 4) is 0 Å². The highest BCUT2D eigenvalue weighted by Crippen LogP contribution is 2.43. The van der Waals surface area contributed by atoms with E-state index in [4.69, 9.17) is 0 Å². The number of nitrogens with one attached hydrogen (secondary N) is 1. The third kappa shape index (κ3) is 2.98. The summed E-state index contributed by atoms with van der Waals surface area (Å²) in [5.41, 5.74) is -1.31. The number of rotatable bonds is 0. The van der Waals surface area contributed by atoms with E-state index in [1.165, 1.54) is 6.07 Å². The van der Waals surface area contributed by atoms with Crippen molar-refractivity contribution in [3.05, 3.63) is 27.7 Å². The van der Waals surface area contributed by atoms with Crippen molar-refractivity contribution in [2.24, 2.45) is 0 Å². The molecule has 1 nitrogen and oxygen atoms in total. The van der Waals surface area contributed by atoms with Gasteiger partial charge < -0.3 is 5.32 Å². The van der Waals surface area contributed by atoms with Crippen LogP contribution in [0.15, 0.2) is 16.6 Å². The lowest BCUT2D eigenvalue weighted by atomic mass is 9.94. The first-order valence-corrected chi connectivity index (χ1v) is 6.11. The SMILES string of the molecule is FC(F)(F)c1cc(Br)cc2c1NC(C(F)(F)F)CC2. The van der Waals surface area contributed by atoms with E-state index in [1.807, 2.05) is 5.32 Å². The van der Waals surface area contributed by atoms with Crippen molar-refractivity contribution in [3.63, 3.8) is 0 Å². The van der Waals surface area contributed by atoms with Crippen LogP contribution in [0.2, 0.25) is 0 Å². The molecule has 1 aromatic rings. The molecule has 2 rings (SSSR count). The Morgan fingerprint density at radius 2 is 1.74 bits per heavy atom. The summed E-state index contributed by atoms with van der Waals surface area (Å²) in [5.74, 6) is 0. The molecule has 1 N–H and O–H groups in total. The van der Waals surface area contributed by atoms with Gasteiger partial charge in [0.05, 0.1) is 11.3 Å². The standard InChI is InChI=1S/C11H8BrF6N/c12-6-3-5-1-2-8(11(16,17)18)19-9(5)7(4-6)10(13,14)15/h3-4,8,19H,1-2H2. The van der Waals surface area contributed by atoms with E-state index in [2.05, 4.69) is 15.9 Å². The monoisotopic (exact) mass is 347 g/mol. The Bertz CT molecular complexity index is 493. The number of halogens is 7. The molecule has 0 spiro atoms. The molecular formula is C11H8BrF6N. The predicted octanol–water partition coefficient (Wildman–Crippen LogP) is 4.76. The fourth-order valence-corrected chi connectivity index (χ4v) is 2.55. The Hall–Kier alpha value is -0.920. The van der Waals surface area contributed by atoms with E-state index in [0.29, 0.717) is 0 Å².